The number of rotatable bonds is 5. The lowest BCUT2D eigenvalue weighted by atomic mass is 9.93. The summed E-state index contributed by atoms with van der Waals surface area (Å²) in [5, 5.41) is 4.25. The van der Waals surface area contributed by atoms with Crippen LogP contribution in [0.5, 0.6) is 0 Å². The molecule has 0 aromatic carbocycles. The van der Waals surface area contributed by atoms with Crippen LogP contribution in [0, 0.1) is 12.3 Å². The van der Waals surface area contributed by atoms with E-state index in [0.717, 1.165) is 24.6 Å². The van der Waals surface area contributed by atoms with Crippen LogP contribution in [0.25, 0.3) is 5.78 Å². The van der Waals surface area contributed by atoms with E-state index in [2.05, 4.69) is 40.7 Å². The molecule has 0 spiro atoms. The largest absolute Gasteiger partial charge is 0.356 e. The third-order valence-corrected chi connectivity index (χ3v) is 3.24. The molecule has 0 aliphatic rings. The van der Waals surface area contributed by atoms with Crippen molar-refractivity contribution in [1.82, 2.24) is 19.6 Å². The lowest BCUT2D eigenvalue weighted by Crippen LogP contribution is -2.39. The summed E-state index contributed by atoms with van der Waals surface area (Å²) in [6, 6.07) is 2.04. The summed E-state index contributed by atoms with van der Waals surface area (Å²) in [7, 11) is 0. The van der Waals surface area contributed by atoms with Crippen molar-refractivity contribution in [2.45, 2.75) is 27.7 Å². The topological polar surface area (TPSA) is 72.3 Å². The van der Waals surface area contributed by atoms with Crippen molar-refractivity contribution >= 4 is 11.6 Å². The summed E-state index contributed by atoms with van der Waals surface area (Å²) in [5.74, 6) is 1.66. The number of nitrogens with two attached hydrogens (primary N) is 1. The van der Waals surface area contributed by atoms with Crippen molar-refractivity contribution in [2.75, 3.05) is 24.5 Å². The molecule has 0 radical (unpaired) electrons. The average molecular weight is 262 g/mol. The summed E-state index contributed by atoms with van der Waals surface area (Å²) in [6.07, 6.45) is 1.53. The van der Waals surface area contributed by atoms with Crippen LogP contribution in [-0.4, -0.2) is 39.2 Å². The zero-order valence-electron chi connectivity index (χ0n) is 12.1. The Morgan fingerprint density at radius 2 is 2.16 bits per heavy atom. The normalized spacial score (nSPS) is 12.1. The van der Waals surface area contributed by atoms with Gasteiger partial charge in [-0.15, -0.1) is 0 Å². The third kappa shape index (κ3) is 2.84. The molecule has 2 aromatic heterocycles. The molecular formula is C13H22N6. The van der Waals surface area contributed by atoms with Crippen molar-refractivity contribution in [3.05, 3.63) is 18.1 Å². The van der Waals surface area contributed by atoms with Gasteiger partial charge in [0.1, 0.15) is 12.1 Å². The maximum atomic E-state index is 5.84. The van der Waals surface area contributed by atoms with E-state index in [1.807, 2.05) is 13.0 Å². The summed E-state index contributed by atoms with van der Waals surface area (Å²) in [4.78, 5) is 10.8. The standard InChI is InChI=1S/C13H22N6/c1-5-18(8-13(3,4)7-14)11-6-10(2)17-12-15-9-16-19(11)12/h6,9H,5,7-8,14H2,1-4H3. The first-order valence-corrected chi connectivity index (χ1v) is 6.59. The summed E-state index contributed by atoms with van der Waals surface area (Å²) >= 11 is 0. The van der Waals surface area contributed by atoms with Crippen LogP contribution in [0.1, 0.15) is 26.5 Å². The number of anilines is 1. The second kappa shape index (κ2) is 5.13. The zero-order valence-corrected chi connectivity index (χ0v) is 12.1. The molecule has 19 heavy (non-hydrogen) atoms. The van der Waals surface area contributed by atoms with E-state index in [4.69, 9.17) is 5.73 Å². The Balaban J connectivity index is 2.43. The van der Waals surface area contributed by atoms with Gasteiger partial charge in [0.25, 0.3) is 5.78 Å². The lowest BCUT2D eigenvalue weighted by Gasteiger charge is -2.32. The first-order chi connectivity index (χ1) is 8.96. The highest BCUT2D eigenvalue weighted by atomic mass is 15.4. The molecule has 104 valence electrons. The van der Waals surface area contributed by atoms with Gasteiger partial charge >= 0.3 is 0 Å². The van der Waals surface area contributed by atoms with E-state index < -0.39 is 0 Å². The van der Waals surface area contributed by atoms with Gasteiger partial charge in [-0.25, -0.2) is 4.98 Å². The second-order valence-corrected chi connectivity index (χ2v) is 5.61. The van der Waals surface area contributed by atoms with E-state index in [1.165, 1.54) is 6.33 Å². The van der Waals surface area contributed by atoms with Gasteiger partial charge in [0.2, 0.25) is 0 Å². The Morgan fingerprint density at radius 3 is 2.79 bits per heavy atom. The van der Waals surface area contributed by atoms with E-state index in [0.29, 0.717) is 12.3 Å². The molecule has 0 amide bonds. The Kier molecular flexibility index (Phi) is 3.71. The maximum Gasteiger partial charge on any atom is 0.254 e. The van der Waals surface area contributed by atoms with Crippen LogP contribution in [0.15, 0.2) is 12.4 Å². The molecule has 2 N–H and O–H groups in total. The summed E-state index contributed by atoms with van der Waals surface area (Å²) in [5.41, 5.74) is 6.84. The van der Waals surface area contributed by atoms with Gasteiger partial charge in [0.15, 0.2) is 0 Å². The molecule has 0 bridgehead atoms. The lowest BCUT2D eigenvalue weighted by molar-refractivity contribution is 0.378. The molecule has 2 heterocycles. The first kappa shape index (κ1) is 13.7. The Morgan fingerprint density at radius 1 is 1.42 bits per heavy atom. The quantitative estimate of drug-likeness (QED) is 0.877. The van der Waals surface area contributed by atoms with Crippen molar-refractivity contribution in [2.24, 2.45) is 11.1 Å². The average Bonchev–Trinajstić information content (AvgIpc) is 2.83. The number of aryl methyl sites for hydroxylation is 1. The molecule has 6 heteroatoms. The predicted molar refractivity (Wildman–Crippen MR) is 76.2 cm³/mol. The molecule has 0 unspecified atom stereocenters. The van der Waals surface area contributed by atoms with E-state index in [-0.39, 0.29) is 5.41 Å². The SMILES string of the molecule is CCN(CC(C)(C)CN)c1cc(C)nc2ncnn12. The molecule has 2 rings (SSSR count). The van der Waals surface area contributed by atoms with Crippen LogP contribution in [0.3, 0.4) is 0 Å². The minimum Gasteiger partial charge on any atom is -0.356 e. The minimum atomic E-state index is 0.0556. The number of hydrogen-bond acceptors (Lipinski definition) is 5. The van der Waals surface area contributed by atoms with Gasteiger partial charge in [-0.2, -0.15) is 14.6 Å². The molecular weight excluding hydrogens is 240 g/mol. The van der Waals surface area contributed by atoms with Crippen LogP contribution in [-0.2, 0) is 0 Å². The fourth-order valence-electron chi connectivity index (χ4n) is 2.07. The van der Waals surface area contributed by atoms with Gasteiger partial charge in [-0.1, -0.05) is 13.8 Å². The number of aromatic nitrogens is 4. The highest BCUT2D eigenvalue weighted by molar-refractivity contribution is 5.47. The van der Waals surface area contributed by atoms with Gasteiger partial charge < -0.3 is 10.6 Å². The summed E-state index contributed by atoms with van der Waals surface area (Å²) < 4.78 is 1.78. The first-order valence-electron chi connectivity index (χ1n) is 6.59. The predicted octanol–water partition coefficient (Wildman–Crippen LogP) is 1.24. The molecule has 0 atom stereocenters. The number of fused-ring (bicyclic) bond motifs is 1. The van der Waals surface area contributed by atoms with Crippen molar-refractivity contribution in [3.8, 4) is 0 Å². The van der Waals surface area contributed by atoms with Gasteiger partial charge in [-0.05, 0) is 25.8 Å². The zero-order chi connectivity index (χ0) is 14.0. The van der Waals surface area contributed by atoms with Crippen LogP contribution in [0.2, 0.25) is 0 Å². The summed E-state index contributed by atoms with van der Waals surface area (Å²) in [6.45, 7) is 10.9. The van der Waals surface area contributed by atoms with Crippen molar-refractivity contribution in [3.63, 3.8) is 0 Å². The Labute approximate surface area is 113 Å². The second-order valence-electron chi connectivity index (χ2n) is 5.61. The fourth-order valence-corrected chi connectivity index (χ4v) is 2.07. The molecule has 0 saturated carbocycles. The minimum absolute atomic E-state index is 0.0556. The maximum absolute atomic E-state index is 5.84. The third-order valence-electron chi connectivity index (χ3n) is 3.24. The van der Waals surface area contributed by atoms with E-state index in [1.54, 1.807) is 4.52 Å². The van der Waals surface area contributed by atoms with Crippen molar-refractivity contribution in [1.29, 1.82) is 0 Å². The van der Waals surface area contributed by atoms with E-state index >= 15 is 0 Å². The highest BCUT2D eigenvalue weighted by Crippen LogP contribution is 2.21. The highest BCUT2D eigenvalue weighted by Gasteiger charge is 2.21. The van der Waals surface area contributed by atoms with Gasteiger partial charge in [0.05, 0.1) is 0 Å². The molecule has 0 fully saturated rings. The van der Waals surface area contributed by atoms with Gasteiger partial charge in [0, 0.05) is 24.8 Å². The van der Waals surface area contributed by atoms with Gasteiger partial charge in [-0.3, -0.25) is 0 Å². The van der Waals surface area contributed by atoms with E-state index in [9.17, 15) is 0 Å². The van der Waals surface area contributed by atoms with Crippen molar-refractivity contribution < 1.29 is 0 Å². The smallest absolute Gasteiger partial charge is 0.254 e. The Hall–Kier alpha value is -1.69. The fraction of sp³-hybridized carbons (Fsp3) is 0.615. The number of hydrogen-bond donors (Lipinski definition) is 1. The molecule has 2 aromatic rings. The monoisotopic (exact) mass is 262 g/mol. The van der Waals surface area contributed by atoms with Crippen LogP contribution in [0.4, 0.5) is 5.82 Å². The van der Waals surface area contributed by atoms with Crippen LogP contribution < -0.4 is 10.6 Å². The molecule has 0 aliphatic heterocycles. The molecule has 6 nitrogen and oxygen atoms in total. The Bertz CT molecular complexity index is 559. The van der Waals surface area contributed by atoms with Crippen LogP contribution >= 0.6 is 0 Å². The molecule has 0 aliphatic carbocycles. The number of nitrogens with zero attached hydrogens (tertiary/aromatic N) is 5. The molecule has 0 saturated heterocycles.